The second-order valence-corrected chi connectivity index (χ2v) is 3.63. The maximum Gasteiger partial charge on any atom is 0.295 e. The molecule has 0 unspecified atom stereocenters. The van der Waals surface area contributed by atoms with Crippen LogP contribution in [0, 0.1) is 0 Å². The van der Waals surface area contributed by atoms with Gasteiger partial charge in [0.25, 0.3) is 5.71 Å². The monoisotopic (exact) mass is 211 g/mol. The summed E-state index contributed by atoms with van der Waals surface area (Å²) in [6, 6.07) is 10.2. The zero-order valence-corrected chi connectivity index (χ0v) is 8.93. The molecule has 16 heavy (non-hydrogen) atoms. The van der Waals surface area contributed by atoms with Crippen LogP contribution in [-0.2, 0) is 6.54 Å². The van der Waals surface area contributed by atoms with Crippen LogP contribution in [0.15, 0.2) is 54.3 Å². The first-order valence-corrected chi connectivity index (χ1v) is 5.25. The van der Waals surface area contributed by atoms with Crippen molar-refractivity contribution in [3.63, 3.8) is 0 Å². The molecule has 80 valence electrons. The molecule has 0 radical (unpaired) electrons. The molecule has 2 rings (SSSR count). The average Bonchev–Trinajstić information content (AvgIpc) is 2.38. The largest absolute Gasteiger partial charge is 0.381 e. The molecule has 1 aliphatic carbocycles. The Bertz CT molecular complexity index is 465. The van der Waals surface area contributed by atoms with Crippen LogP contribution < -0.4 is 5.32 Å². The first kappa shape index (κ1) is 10.4. The van der Waals surface area contributed by atoms with Gasteiger partial charge in [0.1, 0.15) is 0 Å². The molecule has 3 heteroatoms. The number of hydrogen-bond acceptors (Lipinski definition) is 1. The van der Waals surface area contributed by atoms with Crippen molar-refractivity contribution in [3.05, 3.63) is 65.4 Å². The molecule has 0 saturated heterocycles. The fourth-order valence-corrected chi connectivity index (χ4v) is 1.54. The second-order valence-electron chi connectivity index (χ2n) is 3.63. The van der Waals surface area contributed by atoms with E-state index in [1.165, 1.54) is 5.56 Å². The fourth-order valence-electron chi connectivity index (χ4n) is 1.54. The van der Waals surface area contributed by atoms with E-state index in [4.69, 9.17) is 5.53 Å². The van der Waals surface area contributed by atoms with Crippen molar-refractivity contribution >= 4 is 5.71 Å². The van der Waals surface area contributed by atoms with Crippen molar-refractivity contribution in [3.8, 4) is 0 Å². The summed E-state index contributed by atoms with van der Waals surface area (Å²) in [6.07, 6.45) is 6.41. The molecule has 0 bridgehead atoms. The molecule has 1 aromatic rings. The van der Waals surface area contributed by atoms with Crippen LogP contribution in [0.3, 0.4) is 0 Å². The second kappa shape index (κ2) is 5.10. The van der Waals surface area contributed by atoms with E-state index >= 15 is 0 Å². The van der Waals surface area contributed by atoms with E-state index in [1.807, 2.05) is 36.4 Å². The quantitative estimate of drug-likeness (QED) is 0.605. The van der Waals surface area contributed by atoms with Gasteiger partial charge in [-0.05, 0) is 17.7 Å². The molecular formula is C13H13N3. The van der Waals surface area contributed by atoms with E-state index in [0.29, 0.717) is 12.1 Å². The standard InChI is InChI=1S/C13H13N3/c14-16-13-8-6-12(7-9-13)15-10-11-4-2-1-3-5-11/h1-8,15H,9-10H2. The third kappa shape index (κ3) is 2.69. The van der Waals surface area contributed by atoms with E-state index in [-0.39, 0.29) is 0 Å². The lowest BCUT2D eigenvalue weighted by Crippen LogP contribution is -2.14. The van der Waals surface area contributed by atoms with Gasteiger partial charge >= 0.3 is 0 Å². The lowest BCUT2D eigenvalue weighted by Gasteiger charge is -2.08. The van der Waals surface area contributed by atoms with Crippen LogP contribution >= 0.6 is 0 Å². The molecule has 1 N–H and O–H groups in total. The van der Waals surface area contributed by atoms with Gasteiger partial charge in [0.05, 0.1) is 6.42 Å². The number of rotatable bonds is 3. The normalized spacial score (nSPS) is 14.2. The van der Waals surface area contributed by atoms with E-state index in [2.05, 4.69) is 22.2 Å². The summed E-state index contributed by atoms with van der Waals surface area (Å²) in [5, 5.41) is 3.32. The SMILES string of the molecule is [N-]=[N+]=C1C=CC(NCc2ccccc2)=CC1. The highest BCUT2D eigenvalue weighted by atomic mass is 14.9. The average molecular weight is 211 g/mol. The van der Waals surface area contributed by atoms with Crippen molar-refractivity contribution < 1.29 is 4.79 Å². The van der Waals surface area contributed by atoms with Crippen molar-refractivity contribution in [2.45, 2.75) is 13.0 Å². The minimum atomic E-state index is 0.671. The summed E-state index contributed by atoms with van der Waals surface area (Å²) in [6.45, 7) is 0.808. The number of nitrogens with zero attached hydrogens (tertiary/aromatic N) is 2. The predicted molar refractivity (Wildman–Crippen MR) is 63.7 cm³/mol. The molecular weight excluding hydrogens is 198 g/mol. The Morgan fingerprint density at radius 1 is 1.19 bits per heavy atom. The van der Waals surface area contributed by atoms with Crippen molar-refractivity contribution in [2.75, 3.05) is 0 Å². The van der Waals surface area contributed by atoms with Gasteiger partial charge in [-0.25, -0.2) is 0 Å². The van der Waals surface area contributed by atoms with Crippen molar-refractivity contribution in [1.82, 2.24) is 5.32 Å². The summed E-state index contributed by atoms with van der Waals surface area (Å²) in [5.74, 6) is 0. The minimum absolute atomic E-state index is 0.671. The van der Waals surface area contributed by atoms with Crippen LogP contribution in [0.1, 0.15) is 12.0 Å². The lowest BCUT2D eigenvalue weighted by molar-refractivity contribution is -0.00542. The topological polar surface area (TPSA) is 48.4 Å². The molecule has 0 atom stereocenters. The highest BCUT2D eigenvalue weighted by Gasteiger charge is 2.07. The fraction of sp³-hybridized carbons (Fsp3) is 0.154. The summed E-state index contributed by atoms with van der Waals surface area (Å²) in [5.41, 5.74) is 11.6. The first-order chi connectivity index (χ1) is 7.88. The maximum absolute atomic E-state index is 8.57. The Labute approximate surface area is 94.7 Å². The smallest absolute Gasteiger partial charge is 0.295 e. The maximum atomic E-state index is 8.57. The summed E-state index contributed by atoms with van der Waals surface area (Å²) in [7, 11) is 0. The molecule has 0 aromatic heterocycles. The Morgan fingerprint density at radius 2 is 2.00 bits per heavy atom. The van der Waals surface area contributed by atoms with Gasteiger partial charge < -0.3 is 10.8 Å². The molecule has 0 amide bonds. The number of hydrogen-bond donors (Lipinski definition) is 1. The van der Waals surface area contributed by atoms with Gasteiger partial charge in [0.2, 0.25) is 0 Å². The molecule has 0 fully saturated rings. The molecule has 3 nitrogen and oxygen atoms in total. The van der Waals surface area contributed by atoms with Gasteiger partial charge in [-0.2, -0.15) is 4.79 Å². The van der Waals surface area contributed by atoms with E-state index < -0.39 is 0 Å². The molecule has 0 heterocycles. The minimum Gasteiger partial charge on any atom is -0.381 e. The van der Waals surface area contributed by atoms with Crippen LogP contribution in [0.4, 0.5) is 0 Å². The molecule has 1 aliphatic rings. The van der Waals surface area contributed by atoms with Gasteiger partial charge in [0, 0.05) is 18.3 Å². The molecule has 1 aromatic carbocycles. The van der Waals surface area contributed by atoms with Gasteiger partial charge in [-0.3, -0.25) is 0 Å². The Balaban J connectivity index is 1.91. The Morgan fingerprint density at radius 3 is 2.62 bits per heavy atom. The summed E-state index contributed by atoms with van der Waals surface area (Å²) < 4.78 is 0. The number of allylic oxidation sites excluding steroid dienone is 3. The van der Waals surface area contributed by atoms with Gasteiger partial charge in [0.15, 0.2) is 0 Å². The van der Waals surface area contributed by atoms with Crippen LogP contribution in [0.5, 0.6) is 0 Å². The highest BCUT2D eigenvalue weighted by molar-refractivity contribution is 5.92. The zero-order chi connectivity index (χ0) is 11.2. The molecule has 0 aliphatic heterocycles. The molecule has 0 spiro atoms. The zero-order valence-electron chi connectivity index (χ0n) is 8.93. The number of nitrogens with one attached hydrogen (secondary N) is 1. The molecule has 0 saturated carbocycles. The van der Waals surface area contributed by atoms with Crippen LogP contribution in [0.25, 0.3) is 5.53 Å². The van der Waals surface area contributed by atoms with E-state index in [1.54, 1.807) is 0 Å². The Kier molecular flexibility index (Phi) is 3.31. The van der Waals surface area contributed by atoms with E-state index in [9.17, 15) is 0 Å². The first-order valence-electron chi connectivity index (χ1n) is 5.25. The van der Waals surface area contributed by atoms with E-state index in [0.717, 1.165) is 12.2 Å². The summed E-state index contributed by atoms with van der Waals surface area (Å²) >= 11 is 0. The third-order valence-electron chi connectivity index (χ3n) is 2.45. The van der Waals surface area contributed by atoms with Gasteiger partial charge in [-0.15, -0.1) is 0 Å². The van der Waals surface area contributed by atoms with Crippen molar-refractivity contribution in [1.29, 1.82) is 0 Å². The van der Waals surface area contributed by atoms with Crippen LogP contribution in [0.2, 0.25) is 0 Å². The highest BCUT2D eigenvalue weighted by Crippen LogP contribution is 2.06. The van der Waals surface area contributed by atoms with Crippen LogP contribution in [-0.4, -0.2) is 10.5 Å². The predicted octanol–water partition coefficient (Wildman–Crippen LogP) is 2.29. The Hall–Kier alpha value is -2.12. The third-order valence-corrected chi connectivity index (χ3v) is 2.45. The van der Waals surface area contributed by atoms with Gasteiger partial charge in [-0.1, -0.05) is 30.3 Å². The summed E-state index contributed by atoms with van der Waals surface area (Å²) in [4.78, 5) is 3.16. The van der Waals surface area contributed by atoms with Crippen molar-refractivity contribution in [2.24, 2.45) is 0 Å². The number of benzene rings is 1. The lowest BCUT2D eigenvalue weighted by atomic mass is 10.1.